The van der Waals surface area contributed by atoms with Crippen molar-refractivity contribution in [3.8, 4) is 0 Å². The van der Waals surface area contributed by atoms with E-state index in [9.17, 15) is 13.2 Å². The van der Waals surface area contributed by atoms with Crippen LogP contribution in [0.15, 0.2) is 5.38 Å². The molecule has 0 fully saturated rings. The second-order valence-electron chi connectivity index (χ2n) is 4.15. The summed E-state index contributed by atoms with van der Waals surface area (Å²) in [6.45, 7) is 2.36. The fourth-order valence-electron chi connectivity index (χ4n) is 1.30. The van der Waals surface area contributed by atoms with Gasteiger partial charge in [0.25, 0.3) is 0 Å². The van der Waals surface area contributed by atoms with Crippen LogP contribution in [0.3, 0.4) is 0 Å². The van der Waals surface area contributed by atoms with Crippen LogP contribution in [0.2, 0.25) is 0 Å². The van der Waals surface area contributed by atoms with Crippen LogP contribution in [-0.4, -0.2) is 56.7 Å². The van der Waals surface area contributed by atoms with Crippen molar-refractivity contribution in [2.45, 2.75) is 13.3 Å². The Balaban J connectivity index is 2.43. The molecule has 114 valence electrons. The van der Waals surface area contributed by atoms with Crippen LogP contribution >= 0.6 is 11.3 Å². The van der Waals surface area contributed by atoms with E-state index in [1.165, 1.54) is 29.7 Å². The van der Waals surface area contributed by atoms with Crippen molar-refractivity contribution < 1.29 is 17.9 Å². The molecule has 0 amide bonds. The number of nitrogens with zero attached hydrogens (tertiary/aromatic N) is 2. The van der Waals surface area contributed by atoms with Crippen molar-refractivity contribution in [3.63, 3.8) is 0 Å². The van der Waals surface area contributed by atoms with Gasteiger partial charge in [0.15, 0.2) is 5.13 Å². The van der Waals surface area contributed by atoms with E-state index in [1.807, 2.05) is 0 Å². The molecule has 0 unspecified atom stereocenters. The van der Waals surface area contributed by atoms with Crippen molar-refractivity contribution in [2.75, 3.05) is 38.3 Å². The van der Waals surface area contributed by atoms with Crippen LogP contribution in [-0.2, 0) is 26.0 Å². The van der Waals surface area contributed by atoms with Crippen LogP contribution < -0.4 is 5.32 Å². The van der Waals surface area contributed by atoms with Crippen LogP contribution in [0, 0.1) is 0 Å². The third-order valence-electron chi connectivity index (χ3n) is 2.38. The van der Waals surface area contributed by atoms with Crippen LogP contribution in [0.25, 0.3) is 0 Å². The predicted octanol–water partition coefficient (Wildman–Crippen LogP) is 0.552. The molecule has 0 aromatic carbocycles. The molecule has 1 N–H and O–H groups in total. The van der Waals surface area contributed by atoms with E-state index in [4.69, 9.17) is 4.74 Å². The Bertz CT molecular complexity index is 540. The zero-order chi connectivity index (χ0) is 15.2. The molecule has 0 spiro atoms. The molecule has 7 nitrogen and oxygen atoms in total. The average Bonchev–Trinajstić information content (AvgIpc) is 2.76. The van der Waals surface area contributed by atoms with Crippen LogP contribution in [0.5, 0.6) is 0 Å². The fraction of sp³-hybridized carbons (Fsp3) is 0.636. The molecule has 0 aliphatic carbocycles. The van der Waals surface area contributed by atoms with E-state index in [2.05, 4.69) is 10.3 Å². The minimum absolute atomic E-state index is 0.00715. The maximum absolute atomic E-state index is 11.6. The molecule has 1 heterocycles. The van der Waals surface area contributed by atoms with E-state index in [1.54, 1.807) is 12.3 Å². The van der Waals surface area contributed by atoms with Gasteiger partial charge >= 0.3 is 5.97 Å². The molecule has 0 aliphatic heterocycles. The highest BCUT2D eigenvalue weighted by atomic mass is 32.2. The van der Waals surface area contributed by atoms with Crippen molar-refractivity contribution in [1.82, 2.24) is 9.29 Å². The highest BCUT2D eigenvalue weighted by Crippen LogP contribution is 2.15. The topological polar surface area (TPSA) is 88.6 Å². The third-order valence-corrected chi connectivity index (χ3v) is 5.06. The Morgan fingerprint density at radius 2 is 2.20 bits per heavy atom. The molecule has 0 aliphatic rings. The minimum atomic E-state index is -3.21. The van der Waals surface area contributed by atoms with Gasteiger partial charge in [0.2, 0.25) is 10.0 Å². The lowest BCUT2D eigenvalue weighted by Crippen LogP contribution is -2.28. The Morgan fingerprint density at radius 1 is 1.50 bits per heavy atom. The maximum atomic E-state index is 11.6. The van der Waals surface area contributed by atoms with Gasteiger partial charge in [0, 0.05) is 26.0 Å². The summed E-state index contributed by atoms with van der Waals surface area (Å²) in [7, 11) is -0.222. The molecule has 20 heavy (non-hydrogen) atoms. The summed E-state index contributed by atoms with van der Waals surface area (Å²) in [6.07, 6.45) is 0.127. The lowest BCUT2D eigenvalue weighted by molar-refractivity contribution is -0.142. The number of hydrogen-bond acceptors (Lipinski definition) is 7. The summed E-state index contributed by atoms with van der Waals surface area (Å²) in [5.74, 6) is -0.327. The second kappa shape index (κ2) is 7.55. The Labute approximate surface area is 123 Å². The first-order chi connectivity index (χ1) is 9.35. The van der Waals surface area contributed by atoms with Crippen molar-refractivity contribution in [1.29, 1.82) is 0 Å². The third kappa shape index (κ3) is 5.43. The van der Waals surface area contributed by atoms with Gasteiger partial charge in [-0.25, -0.2) is 17.7 Å². The summed E-state index contributed by atoms with van der Waals surface area (Å²) in [4.78, 5) is 15.5. The smallest absolute Gasteiger partial charge is 0.311 e. The summed E-state index contributed by atoms with van der Waals surface area (Å²) < 4.78 is 29.1. The van der Waals surface area contributed by atoms with Gasteiger partial charge < -0.3 is 10.1 Å². The van der Waals surface area contributed by atoms with E-state index in [-0.39, 0.29) is 24.7 Å². The number of carbonyl (C=O) groups is 1. The summed E-state index contributed by atoms with van der Waals surface area (Å²) in [5, 5.41) is 5.28. The summed E-state index contributed by atoms with van der Waals surface area (Å²) in [6, 6.07) is 0. The highest BCUT2D eigenvalue weighted by molar-refractivity contribution is 7.89. The number of thiazole rings is 1. The number of esters is 1. The SMILES string of the molecule is CCOC(=O)Cc1csc(NCCS(=O)(=O)N(C)C)n1. The first kappa shape index (κ1) is 16.9. The number of hydrogen-bond donors (Lipinski definition) is 1. The number of sulfonamides is 1. The van der Waals surface area contributed by atoms with E-state index >= 15 is 0 Å². The molecule has 0 radical (unpaired) electrons. The Hall–Kier alpha value is -1.19. The van der Waals surface area contributed by atoms with Gasteiger partial charge in [-0.1, -0.05) is 0 Å². The summed E-state index contributed by atoms with van der Waals surface area (Å²) >= 11 is 1.33. The monoisotopic (exact) mass is 321 g/mol. The van der Waals surface area contributed by atoms with Crippen molar-refractivity contribution in [2.24, 2.45) is 0 Å². The Kier molecular flexibility index (Phi) is 6.37. The van der Waals surface area contributed by atoms with Gasteiger partial charge in [0.1, 0.15) is 0 Å². The standard InChI is InChI=1S/C11H19N3O4S2/c1-4-18-10(15)7-9-8-19-11(13-9)12-5-6-20(16,17)14(2)3/h8H,4-7H2,1-3H3,(H,12,13). The van der Waals surface area contributed by atoms with Gasteiger partial charge in [-0.15, -0.1) is 11.3 Å². The molecule has 0 atom stereocenters. The van der Waals surface area contributed by atoms with Crippen molar-refractivity contribution in [3.05, 3.63) is 11.1 Å². The lowest BCUT2D eigenvalue weighted by Gasteiger charge is -2.10. The van der Waals surface area contributed by atoms with Crippen molar-refractivity contribution >= 4 is 32.5 Å². The molecule has 0 saturated carbocycles. The molecule has 1 rings (SSSR count). The van der Waals surface area contributed by atoms with Gasteiger partial charge in [-0.05, 0) is 6.92 Å². The molecule has 9 heteroatoms. The zero-order valence-electron chi connectivity index (χ0n) is 11.7. The molecule has 1 aromatic heterocycles. The number of ether oxygens (including phenoxy) is 1. The van der Waals surface area contributed by atoms with Crippen LogP contribution in [0.4, 0.5) is 5.13 Å². The fourth-order valence-corrected chi connectivity index (χ4v) is 2.76. The van der Waals surface area contributed by atoms with Gasteiger partial charge in [-0.2, -0.15) is 0 Å². The number of aromatic nitrogens is 1. The van der Waals surface area contributed by atoms with E-state index in [0.717, 1.165) is 0 Å². The largest absolute Gasteiger partial charge is 0.466 e. The van der Waals surface area contributed by atoms with Gasteiger partial charge in [-0.3, -0.25) is 4.79 Å². The molecule has 0 bridgehead atoms. The quantitative estimate of drug-likeness (QED) is 0.704. The maximum Gasteiger partial charge on any atom is 0.311 e. The molecule has 0 saturated heterocycles. The van der Waals surface area contributed by atoms with E-state index in [0.29, 0.717) is 17.4 Å². The zero-order valence-corrected chi connectivity index (χ0v) is 13.4. The average molecular weight is 321 g/mol. The number of anilines is 1. The normalized spacial score (nSPS) is 11.6. The molecular weight excluding hydrogens is 302 g/mol. The first-order valence-corrected chi connectivity index (χ1v) is 8.58. The number of nitrogens with one attached hydrogen (secondary N) is 1. The summed E-state index contributed by atoms with van der Waals surface area (Å²) in [5.41, 5.74) is 0.617. The number of rotatable bonds is 8. The predicted molar refractivity (Wildman–Crippen MR) is 78.4 cm³/mol. The number of carbonyl (C=O) groups excluding carboxylic acids is 1. The first-order valence-electron chi connectivity index (χ1n) is 6.09. The lowest BCUT2D eigenvalue weighted by atomic mass is 10.3. The highest BCUT2D eigenvalue weighted by Gasteiger charge is 2.13. The molecular formula is C11H19N3O4S2. The van der Waals surface area contributed by atoms with E-state index < -0.39 is 10.0 Å². The van der Waals surface area contributed by atoms with Gasteiger partial charge in [0.05, 0.1) is 24.5 Å². The minimum Gasteiger partial charge on any atom is -0.466 e. The molecule has 1 aromatic rings. The Morgan fingerprint density at radius 3 is 2.80 bits per heavy atom. The second-order valence-corrected chi connectivity index (χ2v) is 7.31. The van der Waals surface area contributed by atoms with Crippen LogP contribution in [0.1, 0.15) is 12.6 Å².